The molecule has 1 unspecified atom stereocenters. The first-order valence-corrected chi connectivity index (χ1v) is 9.60. The van der Waals surface area contributed by atoms with Crippen LogP contribution < -0.4 is 10.6 Å². The molecule has 2 N–H and O–H groups in total. The first-order valence-electron chi connectivity index (χ1n) is 8.84. The standard InChI is InChI=1S/C19H28Cl2N2O2/c1-12(16-11-13(20)5-10-17(16)21)22-14-6-8-15(9-7-14)23-18(24)25-19(2,3)4/h5,10-12,14-15,22H,6-9H2,1-4H3,(H,23,24). The van der Waals surface area contributed by atoms with E-state index in [1.54, 1.807) is 6.07 Å². The molecule has 1 atom stereocenters. The Bertz CT molecular complexity index is 594. The Kier molecular flexibility index (Phi) is 7.01. The number of carbonyl (C=O) groups excluding carboxylic acids is 1. The number of rotatable bonds is 4. The largest absolute Gasteiger partial charge is 0.444 e. The lowest BCUT2D eigenvalue weighted by atomic mass is 9.90. The van der Waals surface area contributed by atoms with Gasteiger partial charge in [0.1, 0.15) is 5.60 Å². The number of carbonyl (C=O) groups is 1. The summed E-state index contributed by atoms with van der Waals surface area (Å²) >= 11 is 12.4. The van der Waals surface area contributed by atoms with Crippen LogP contribution in [-0.2, 0) is 4.74 Å². The molecule has 2 rings (SSSR count). The molecule has 0 saturated heterocycles. The number of alkyl carbamates (subject to hydrolysis) is 1. The lowest BCUT2D eigenvalue weighted by Gasteiger charge is -2.32. The Morgan fingerprint density at radius 2 is 1.76 bits per heavy atom. The second-order valence-electron chi connectivity index (χ2n) is 7.75. The lowest BCUT2D eigenvalue weighted by molar-refractivity contribution is 0.0489. The van der Waals surface area contributed by atoms with Gasteiger partial charge in [-0.1, -0.05) is 23.2 Å². The van der Waals surface area contributed by atoms with Gasteiger partial charge in [-0.3, -0.25) is 0 Å². The zero-order valence-corrected chi connectivity index (χ0v) is 16.9. The highest BCUT2D eigenvalue weighted by molar-refractivity contribution is 6.33. The molecule has 1 amide bonds. The van der Waals surface area contributed by atoms with Gasteiger partial charge in [0.2, 0.25) is 0 Å². The molecule has 25 heavy (non-hydrogen) atoms. The van der Waals surface area contributed by atoms with Crippen LogP contribution in [0, 0.1) is 0 Å². The average Bonchev–Trinajstić information content (AvgIpc) is 2.49. The van der Waals surface area contributed by atoms with Gasteiger partial charge < -0.3 is 15.4 Å². The molecule has 6 heteroatoms. The van der Waals surface area contributed by atoms with E-state index in [-0.39, 0.29) is 18.2 Å². The van der Waals surface area contributed by atoms with Crippen molar-refractivity contribution in [3.63, 3.8) is 0 Å². The van der Waals surface area contributed by atoms with Crippen molar-refractivity contribution in [3.05, 3.63) is 33.8 Å². The normalized spacial score (nSPS) is 22.3. The summed E-state index contributed by atoms with van der Waals surface area (Å²) in [7, 11) is 0. The molecular formula is C19H28Cl2N2O2. The van der Waals surface area contributed by atoms with Crippen LogP contribution in [0.1, 0.15) is 65.0 Å². The predicted molar refractivity (Wildman–Crippen MR) is 103 cm³/mol. The maximum atomic E-state index is 11.9. The van der Waals surface area contributed by atoms with E-state index in [0.717, 1.165) is 36.3 Å². The molecular weight excluding hydrogens is 359 g/mol. The highest BCUT2D eigenvalue weighted by atomic mass is 35.5. The van der Waals surface area contributed by atoms with Crippen LogP contribution in [0.2, 0.25) is 10.0 Å². The van der Waals surface area contributed by atoms with Crippen LogP contribution in [0.3, 0.4) is 0 Å². The van der Waals surface area contributed by atoms with E-state index in [4.69, 9.17) is 27.9 Å². The molecule has 1 fully saturated rings. The first kappa shape index (κ1) is 20.3. The highest BCUT2D eigenvalue weighted by Crippen LogP contribution is 2.28. The van der Waals surface area contributed by atoms with Crippen LogP contribution in [0.15, 0.2) is 18.2 Å². The molecule has 0 aliphatic heterocycles. The van der Waals surface area contributed by atoms with Crippen LogP contribution in [-0.4, -0.2) is 23.8 Å². The van der Waals surface area contributed by atoms with Crippen molar-refractivity contribution in [2.45, 2.75) is 77.1 Å². The topological polar surface area (TPSA) is 50.4 Å². The Balaban J connectivity index is 1.80. The molecule has 1 saturated carbocycles. The van der Waals surface area contributed by atoms with Crippen LogP contribution >= 0.6 is 23.2 Å². The Morgan fingerprint density at radius 1 is 1.16 bits per heavy atom. The summed E-state index contributed by atoms with van der Waals surface area (Å²) in [5.74, 6) is 0. The molecule has 1 aromatic rings. The summed E-state index contributed by atoms with van der Waals surface area (Å²) in [4.78, 5) is 11.9. The maximum Gasteiger partial charge on any atom is 0.407 e. The first-order chi connectivity index (χ1) is 11.6. The van der Waals surface area contributed by atoms with Crippen molar-refractivity contribution in [1.29, 1.82) is 0 Å². The SMILES string of the molecule is CC(NC1CCC(NC(=O)OC(C)(C)C)CC1)c1cc(Cl)ccc1Cl. The summed E-state index contributed by atoms with van der Waals surface area (Å²) in [5, 5.41) is 8.02. The van der Waals surface area contributed by atoms with Crippen LogP contribution in [0.25, 0.3) is 0 Å². The number of hydrogen-bond donors (Lipinski definition) is 2. The fraction of sp³-hybridized carbons (Fsp3) is 0.632. The van der Waals surface area contributed by atoms with Gasteiger partial charge in [-0.05, 0) is 77.1 Å². The zero-order valence-electron chi connectivity index (χ0n) is 15.4. The van der Waals surface area contributed by atoms with Gasteiger partial charge in [0, 0.05) is 28.2 Å². The lowest BCUT2D eigenvalue weighted by Crippen LogP contribution is -2.44. The summed E-state index contributed by atoms with van der Waals surface area (Å²) < 4.78 is 5.32. The van der Waals surface area contributed by atoms with Crippen LogP contribution in [0.4, 0.5) is 4.79 Å². The highest BCUT2D eigenvalue weighted by Gasteiger charge is 2.25. The number of nitrogens with one attached hydrogen (secondary N) is 2. The molecule has 1 aliphatic carbocycles. The smallest absolute Gasteiger partial charge is 0.407 e. The van der Waals surface area contributed by atoms with Gasteiger partial charge in [0.25, 0.3) is 0 Å². The summed E-state index contributed by atoms with van der Waals surface area (Å²) in [6.45, 7) is 7.71. The fourth-order valence-corrected chi connectivity index (χ4v) is 3.63. The van der Waals surface area contributed by atoms with Crippen molar-refractivity contribution >= 4 is 29.3 Å². The number of halogens is 2. The average molecular weight is 387 g/mol. The Morgan fingerprint density at radius 3 is 2.36 bits per heavy atom. The van der Waals surface area contributed by atoms with E-state index >= 15 is 0 Å². The van der Waals surface area contributed by atoms with E-state index in [1.807, 2.05) is 32.9 Å². The van der Waals surface area contributed by atoms with E-state index in [0.29, 0.717) is 11.1 Å². The number of ether oxygens (including phenoxy) is 1. The van der Waals surface area contributed by atoms with Crippen LogP contribution in [0.5, 0.6) is 0 Å². The van der Waals surface area contributed by atoms with Gasteiger partial charge in [-0.15, -0.1) is 0 Å². The quantitative estimate of drug-likeness (QED) is 0.719. The van der Waals surface area contributed by atoms with E-state index in [1.165, 1.54) is 0 Å². The molecule has 4 nitrogen and oxygen atoms in total. The zero-order chi connectivity index (χ0) is 18.6. The molecule has 1 aliphatic rings. The minimum Gasteiger partial charge on any atom is -0.444 e. The molecule has 0 spiro atoms. The van der Waals surface area contributed by atoms with E-state index < -0.39 is 5.60 Å². The third-order valence-corrected chi connectivity index (χ3v) is 4.94. The van der Waals surface area contributed by atoms with Gasteiger partial charge in [0.05, 0.1) is 0 Å². The predicted octanol–water partition coefficient (Wildman–Crippen LogP) is 5.48. The minimum atomic E-state index is -0.464. The fourth-order valence-electron chi connectivity index (χ4n) is 3.17. The molecule has 140 valence electrons. The Hall–Kier alpha value is -0.970. The number of amides is 1. The van der Waals surface area contributed by atoms with Crippen molar-refractivity contribution in [2.75, 3.05) is 0 Å². The van der Waals surface area contributed by atoms with Crippen molar-refractivity contribution in [1.82, 2.24) is 10.6 Å². The van der Waals surface area contributed by atoms with Crippen molar-refractivity contribution in [3.8, 4) is 0 Å². The van der Waals surface area contributed by atoms with Gasteiger partial charge >= 0.3 is 6.09 Å². The van der Waals surface area contributed by atoms with Crippen molar-refractivity contribution < 1.29 is 9.53 Å². The van der Waals surface area contributed by atoms with Gasteiger partial charge in [0.15, 0.2) is 0 Å². The maximum absolute atomic E-state index is 11.9. The van der Waals surface area contributed by atoms with E-state index in [9.17, 15) is 4.79 Å². The third kappa shape index (κ3) is 6.69. The molecule has 0 bridgehead atoms. The number of hydrogen-bond acceptors (Lipinski definition) is 3. The summed E-state index contributed by atoms with van der Waals surface area (Å²) in [6.07, 6.45) is 3.55. The van der Waals surface area contributed by atoms with Gasteiger partial charge in [-0.25, -0.2) is 4.79 Å². The third-order valence-electron chi connectivity index (χ3n) is 4.36. The van der Waals surface area contributed by atoms with Gasteiger partial charge in [-0.2, -0.15) is 0 Å². The second-order valence-corrected chi connectivity index (χ2v) is 8.59. The number of benzene rings is 1. The molecule has 0 radical (unpaired) electrons. The van der Waals surface area contributed by atoms with Crippen molar-refractivity contribution in [2.24, 2.45) is 0 Å². The molecule has 1 aromatic carbocycles. The minimum absolute atomic E-state index is 0.131. The summed E-state index contributed by atoms with van der Waals surface area (Å²) in [5.41, 5.74) is 0.553. The molecule has 0 aromatic heterocycles. The monoisotopic (exact) mass is 386 g/mol. The molecule has 0 heterocycles. The Labute approximate surface area is 160 Å². The van der Waals surface area contributed by atoms with E-state index in [2.05, 4.69) is 17.6 Å². The summed E-state index contributed by atoms with van der Waals surface area (Å²) in [6, 6.07) is 6.26. The second kappa shape index (κ2) is 8.61.